The Labute approximate surface area is 146 Å². The summed E-state index contributed by atoms with van der Waals surface area (Å²) >= 11 is 1.42. The SMILES string of the molecule is CCn1c(=NC(=O)c2coc3ccccc3c2=O)sc2ccccc21. The van der Waals surface area contributed by atoms with E-state index in [0.717, 1.165) is 10.2 Å². The zero-order valence-electron chi connectivity index (χ0n) is 13.4. The van der Waals surface area contributed by atoms with Crippen LogP contribution in [0.4, 0.5) is 0 Å². The van der Waals surface area contributed by atoms with Gasteiger partial charge < -0.3 is 8.98 Å². The van der Waals surface area contributed by atoms with Gasteiger partial charge in [0, 0.05) is 6.54 Å². The van der Waals surface area contributed by atoms with Crippen molar-refractivity contribution < 1.29 is 9.21 Å². The van der Waals surface area contributed by atoms with Gasteiger partial charge in [-0.25, -0.2) is 0 Å². The average molecular weight is 350 g/mol. The number of aromatic nitrogens is 1. The summed E-state index contributed by atoms with van der Waals surface area (Å²) in [6, 6.07) is 14.7. The third-order valence-electron chi connectivity index (χ3n) is 4.01. The lowest BCUT2D eigenvalue weighted by Gasteiger charge is -2.00. The van der Waals surface area contributed by atoms with Crippen LogP contribution >= 0.6 is 11.3 Å². The van der Waals surface area contributed by atoms with Gasteiger partial charge in [-0.05, 0) is 31.2 Å². The van der Waals surface area contributed by atoms with Crippen molar-refractivity contribution in [3.05, 3.63) is 75.4 Å². The first-order valence-electron chi connectivity index (χ1n) is 7.87. The Kier molecular flexibility index (Phi) is 3.82. The Bertz CT molecular complexity index is 1230. The Morgan fingerprint density at radius 1 is 1.16 bits per heavy atom. The highest BCUT2D eigenvalue weighted by atomic mass is 32.1. The summed E-state index contributed by atoms with van der Waals surface area (Å²) in [6.45, 7) is 2.68. The van der Waals surface area contributed by atoms with E-state index in [9.17, 15) is 9.59 Å². The molecule has 0 N–H and O–H groups in total. The monoisotopic (exact) mass is 350 g/mol. The van der Waals surface area contributed by atoms with Gasteiger partial charge in [0.15, 0.2) is 4.80 Å². The van der Waals surface area contributed by atoms with E-state index >= 15 is 0 Å². The molecule has 0 saturated heterocycles. The van der Waals surface area contributed by atoms with Crippen LogP contribution in [-0.4, -0.2) is 10.5 Å². The standard InChI is InChI=1S/C19H14N2O3S/c1-2-21-14-8-4-6-10-16(14)25-19(21)20-18(23)13-11-24-15-9-5-3-7-12(15)17(13)22/h3-11H,2H2,1H3. The average Bonchev–Trinajstić information content (AvgIpc) is 2.99. The van der Waals surface area contributed by atoms with E-state index in [0.29, 0.717) is 22.3 Å². The third kappa shape index (κ3) is 2.60. The predicted molar refractivity (Wildman–Crippen MR) is 97.9 cm³/mol. The lowest BCUT2D eigenvalue weighted by molar-refractivity contribution is 0.0995. The second kappa shape index (κ2) is 6.14. The first-order chi connectivity index (χ1) is 12.2. The fourth-order valence-electron chi connectivity index (χ4n) is 2.78. The zero-order chi connectivity index (χ0) is 17.4. The molecule has 25 heavy (non-hydrogen) atoms. The smallest absolute Gasteiger partial charge is 0.286 e. The minimum absolute atomic E-state index is 0.0567. The van der Waals surface area contributed by atoms with Gasteiger partial charge >= 0.3 is 0 Å². The number of hydrogen-bond acceptors (Lipinski definition) is 4. The first kappa shape index (κ1) is 15.5. The molecule has 2 aromatic carbocycles. The van der Waals surface area contributed by atoms with E-state index in [1.54, 1.807) is 24.3 Å². The van der Waals surface area contributed by atoms with Crippen LogP contribution in [-0.2, 0) is 6.54 Å². The molecule has 6 heteroatoms. The van der Waals surface area contributed by atoms with Gasteiger partial charge in [-0.15, -0.1) is 0 Å². The van der Waals surface area contributed by atoms with Crippen LogP contribution in [0.5, 0.6) is 0 Å². The maximum Gasteiger partial charge on any atom is 0.286 e. The van der Waals surface area contributed by atoms with Gasteiger partial charge in [0.05, 0.1) is 15.6 Å². The Hall–Kier alpha value is -2.99. The molecule has 4 aromatic rings. The molecule has 0 aliphatic carbocycles. The molecule has 0 spiro atoms. The maximum absolute atomic E-state index is 12.6. The highest BCUT2D eigenvalue weighted by Crippen LogP contribution is 2.17. The van der Waals surface area contributed by atoms with Crippen molar-refractivity contribution in [1.29, 1.82) is 0 Å². The molecule has 0 bridgehead atoms. The van der Waals surface area contributed by atoms with E-state index in [1.165, 1.54) is 17.6 Å². The third-order valence-corrected chi connectivity index (χ3v) is 5.07. The predicted octanol–water partition coefficient (Wildman–Crippen LogP) is 3.57. The van der Waals surface area contributed by atoms with Crippen LogP contribution in [0.25, 0.3) is 21.2 Å². The molecule has 124 valence electrons. The number of para-hydroxylation sites is 2. The summed E-state index contributed by atoms with van der Waals surface area (Å²) in [4.78, 5) is 29.9. The van der Waals surface area contributed by atoms with Crippen molar-refractivity contribution in [1.82, 2.24) is 4.57 Å². The molecule has 0 atom stereocenters. The molecule has 2 aromatic heterocycles. The molecular formula is C19H14N2O3S. The summed E-state index contributed by atoms with van der Waals surface area (Å²) in [5.41, 5.74) is 1.06. The zero-order valence-corrected chi connectivity index (χ0v) is 14.2. The molecule has 0 fully saturated rings. The van der Waals surface area contributed by atoms with Crippen molar-refractivity contribution in [2.45, 2.75) is 13.5 Å². The number of rotatable bonds is 2. The molecule has 0 saturated carbocycles. The molecule has 4 rings (SSSR count). The van der Waals surface area contributed by atoms with Gasteiger partial charge in [0.2, 0.25) is 5.43 Å². The second-order valence-corrected chi connectivity index (χ2v) is 6.50. The van der Waals surface area contributed by atoms with E-state index in [-0.39, 0.29) is 11.0 Å². The Morgan fingerprint density at radius 2 is 1.92 bits per heavy atom. The van der Waals surface area contributed by atoms with Crippen molar-refractivity contribution >= 4 is 38.4 Å². The lowest BCUT2D eigenvalue weighted by atomic mass is 10.2. The Balaban J connectivity index is 1.89. The molecule has 0 radical (unpaired) electrons. The summed E-state index contributed by atoms with van der Waals surface area (Å²) in [7, 11) is 0. The molecular weight excluding hydrogens is 336 g/mol. The summed E-state index contributed by atoms with van der Waals surface area (Å²) < 4.78 is 8.42. The van der Waals surface area contributed by atoms with Gasteiger partial charge in [0.25, 0.3) is 5.91 Å². The number of hydrogen-bond donors (Lipinski definition) is 0. The first-order valence-corrected chi connectivity index (χ1v) is 8.68. The van der Waals surface area contributed by atoms with Gasteiger partial charge in [0.1, 0.15) is 17.4 Å². The molecule has 2 heterocycles. The molecule has 0 aliphatic rings. The van der Waals surface area contributed by atoms with Crippen molar-refractivity contribution in [2.24, 2.45) is 4.99 Å². The minimum atomic E-state index is -0.590. The van der Waals surface area contributed by atoms with Crippen molar-refractivity contribution in [2.75, 3.05) is 0 Å². The van der Waals surface area contributed by atoms with Gasteiger partial charge in [-0.2, -0.15) is 4.99 Å². The highest BCUT2D eigenvalue weighted by molar-refractivity contribution is 7.16. The molecule has 0 aliphatic heterocycles. The van der Waals surface area contributed by atoms with Crippen LogP contribution in [0.2, 0.25) is 0 Å². The number of benzene rings is 2. The van der Waals surface area contributed by atoms with Gasteiger partial charge in [-0.1, -0.05) is 35.6 Å². The number of carbonyl (C=O) groups is 1. The normalized spacial score (nSPS) is 12.1. The minimum Gasteiger partial charge on any atom is -0.463 e. The largest absolute Gasteiger partial charge is 0.463 e. The fourth-order valence-corrected chi connectivity index (χ4v) is 3.88. The molecule has 0 unspecified atom stereocenters. The topological polar surface area (TPSA) is 64.6 Å². The van der Waals surface area contributed by atoms with Crippen LogP contribution in [0.1, 0.15) is 17.3 Å². The molecule has 5 nitrogen and oxygen atoms in total. The van der Waals surface area contributed by atoms with E-state index < -0.39 is 5.91 Å². The fraction of sp³-hybridized carbons (Fsp3) is 0.105. The van der Waals surface area contributed by atoms with Crippen molar-refractivity contribution in [3.8, 4) is 0 Å². The second-order valence-electron chi connectivity index (χ2n) is 5.49. The number of fused-ring (bicyclic) bond motifs is 2. The summed E-state index contributed by atoms with van der Waals surface area (Å²) in [6.07, 6.45) is 1.19. The number of nitrogens with zero attached hydrogens (tertiary/aromatic N) is 2. The van der Waals surface area contributed by atoms with Crippen LogP contribution in [0.3, 0.4) is 0 Å². The number of amides is 1. The van der Waals surface area contributed by atoms with E-state index in [2.05, 4.69) is 4.99 Å². The van der Waals surface area contributed by atoms with E-state index in [4.69, 9.17) is 4.42 Å². The maximum atomic E-state index is 12.6. The Morgan fingerprint density at radius 3 is 2.76 bits per heavy atom. The highest BCUT2D eigenvalue weighted by Gasteiger charge is 2.14. The number of thiazole rings is 1. The lowest BCUT2D eigenvalue weighted by Crippen LogP contribution is -2.19. The summed E-state index contributed by atoms with van der Waals surface area (Å²) in [5.74, 6) is -0.590. The summed E-state index contributed by atoms with van der Waals surface area (Å²) in [5, 5.41) is 0.378. The number of aryl methyl sites for hydroxylation is 1. The van der Waals surface area contributed by atoms with Crippen LogP contribution in [0.15, 0.2) is 69.0 Å². The van der Waals surface area contributed by atoms with Crippen LogP contribution in [0, 0.1) is 0 Å². The number of carbonyl (C=O) groups excluding carboxylic acids is 1. The van der Waals surface area contributed by atoms with Gasteiger partial charge in [-0.3, -0.25) is 9.59 Å². The molecule has 1 amide bonds. The quantitative estimate of drug-likeness (QED) is 0.555. The van der Waals surface area contributed by atoms with E-state index in [1.807, 2.05) is 35.8 Å². The van der Waals surface area contributed by atoms with Crippen molar-refractivity contribution in [3.63, 3.8) is 0 Å². The van der Waals surface area contributed by atoms with Crippen LogP contribution < -0.4 is 10.2 Å².